The number of aliphatic imine (C=N–C) groups is 2. The molecule has 12 heavy (non-hydrogen) atoms. The van der Waals surface area contributed by atoms with Crippen LogP contribution in [0.25, 0.3) is 0 Å². The van der Waals surface area contributed by atoms with Gasteiger partial charge in [0.2, 0.25) is 0 Å². The molecule has 1 aliphatic rings. The minimum absolute atomic E-state index is 0.811. The van der Waals surface area contributed by atoms with Crippen LogP contribution in [0, 0.1) is 0 Å². The van der Waals surface area contributed by atoms with Crippen LogP contribution < -0.4 is 0 Å². The molecule has 0 aromatic rings. The molecular formula is C10H14N2. The van der Waals surface area contributed by atoms with Crippen molar-refractivity contribution in [3.63, 3.8) is 0 Å². The van der Waals surface area contributed by atoms with E-state index in [1.54, 1.807) is 0 Å². The number of dihydropyridines is 1. The van der Waals surface area contributed by atoms with Crippen LogP contribution in [0.4, 0.5) is 0 Å². The molecule has 1 heterocycles. The lowest BCUT2D eigenvalue weighted by atomic mass is 10.1. The Bertz CT molecular complexity index is 280. The van der Waals surface area contributed by atoms with Gasteiger partial charge >= 0.3 is 0 Å². The third-order valence-corrected chi connectivity index (χ3v) is 1.64. The molecular weight excluding hydrogens is 148 g/mol. The Kier molecular flexibility index (Phi) is 2.97. The van der Waals surface area contributed by atoms with Crippen molar-refractivity contribution in [2.24, 2.45) is 9.98 Å². The first-order valence-corrected chi connectivity index (χ1v) is 4.21. The molecule has 0 unspecified atom stereocenters. The minimum atomic E-state index is 0.811. The number of nitrogens with zero attached hydrogens (tertiary/aromatic N) is 2. The number of hydrogen-bond acceptors (Lipinski definition) is 2. The summed E-state index contributed by atoms with van der Waals surface area (Å²) < 4.78 is 0. The van der Waals surface area contributed by atoms with Gasteiger partial charge in [0.05, 0.1) is 11.4 Å². The van der Waals surface area contributed by atoms with Crippen molar-refractivity contribution in [2.45, 2.75) is 20.8 Å². The summed E-state index contributed by atoms with van der Waals surface area (Å²) in [4.78, 5) is 8.61. The molecule has 0 saturated heterocycles. The van der Waals surface area contributed by atoms with Crippen molar-refractivity contribution in [2.75, 3.05) is 6.54 Å². The first-order chi connectivity index (χ1) is 5.77. The molecule has 0 saturated carbocycles. The zero-order chi connectivity index (χ0) is 8.97. The Hall–Kier alpha value is -1.18. The highest BCUT2D eigenvalue weighted by molar-refractivity contribution is 6.13. The van der Waals surface area contributed by atoms with E-state index in [0.29, 0.717) is 0 Å². The summed E-state index contributed by atoms with van der Waals surface area (Å²) in [5.41, 5.74) is 3.13. The molecule has 0 amide bonds. The molecule has 64 valence electrons. The zero-order valence-electron chi connectivity index (χ0n) is 7.83. The highest BCUT2D eigenvalue weighted by Crippen LogP contribution is 2.09. The average molecular weight is 162 g/mol. The maximum absolute atomic E-state index is 4.34. The maximum Gasteiger partial charge on any atom is 0.0839 e. The first-order valence-electron chi connectivity index (χ1n) is 4.21. The van der Waals surface area contributed by atoms with Crippen molar-refractivity contribution >= 4 is 11.9 Å². The van der Waals surface area contributed by atoms with E-state index in [2.05, 4.69) is 16.1 Å². The van der Waals surface area contributed by atoms with E-state index in [-0.39, 0.29) is 0 Å². The molecule has 2 nitrogen and oxygen atoms in total. The van der Waals surface area contributed by atoms with Gasteiger partial charge in [0.15, 0.2) is 0 Å². The van der Waals surface area contributed by atoms with Gasteiger partial charge in [-0.25, -0.2) is 0 Å². The van der Waals surface area contributed by atoms with E-state index in [9.17, 15) is 0 Å². The van der Waals surface area contributed by atoms with Crippen LogP contribution in [0.1, 0.15) is 20.8 Å². The topological polar surface area (TPSA) is 24.7 Å². The van der Waals surface area contributed by atoms with Crippen LogP contribution in [0.15, 0.2) is 33.4 Å². The van der Waals surface area contributed by atoms with Crippen molar-refractivity contribution in [1.29, 1.82) is 0 Å². The van der Waals surface area contributed by atoms with E-state index in [1.165, 1.54) is 0 Å². The Morgan fingerprint density at radius 3 is 2.92 bits per heavy atom. The third-order valence-electron chi connectivity index (χ3n) is 1.64. The molecule has 0 atom stereocenters. The number of hydrogen-bond donors (Lipinski definition) is 0. The van der Waals surface area contributed by atoms with E-state index in [0.717, 1.165) is 23.5 Å². The van der Waals surface area contributed by atoms with Gasteiger partial charge in [-0.15, -0.1) is 0 Å². The lowest BCUT2D eigenvalue weighted by Crippen LogP contribution is -2.04. The smallest absolute Gasteiger partial charge is 0.0839 e. The SMILES string of the molecule is C/C=C1/N=CC(C)=CC1=NCC. The van der Waals surface area contributed by atoms with Crippen LogP contribution in [0.3, 0.4) is 0 Å². The average Bonchev–Trinajstić information content (AvgIpc) is 2.05. The molecule has 1 aliphatic heterocycles. The third kappa shape index (κ3) is 1.91. The molecule has 0 aliphatic carbocycles. The molecule has 0 aromatic carbocycles. The quantitative estimate of drug-likeness (QED) is 0.565. The van der Waals surface area contributed by atoms with Crippen LogP contribution in [0.5, 0.6) is 0 Å². The second kappa shape index (κ2) is 4.00. The summed E-state index contributed by atoms with van der Waals surface area (Å²) in [7, 11) is 0. The van der Waals surface area contributed by atoms with Crippen LogP contribution in [0.2, 0.25) is 0 Å². The fraction of sp³-hybridized carbons (Fsp3) is 0.400. The molecule has 0 spiro atoms. The Balaban J connectivity index is 2.98. The lowest BCUT2D eigenvalue weighted by Gasteiger charge is -2.07. The molecule has 0 radical (unpaired) electrons. The van der Waals surface area contributed by atoms with Gasteiger partial charge in [-0.1, -0.05) is 6.08 Å². The summed E-state index contributed by atoms with van der Waals surface area (Å²) in [5.74, 6) is 0. The predicted octanol–water partition coefficient (Wildman–Crippen LogP) is 2.38. The Labute approximate surface area is 73.4 Å². The summed E-state index contributed by atoms with van der Waals surface area (Å²) in [6, 6.07) is 0. The number of rotatable bonds is 1. The van der Waals surface area contributed by atoms with Gasteiger partial charge in [0.25, 0.3) is 0 Å². The molecule has 0 bridgehead atoms. The first kappa shape index (κ1) is 8.91. The van der Waals surface area contributed by atoms with Gasteiger partial charge < -0.3 is 0 Å². The normalized spacial score (nSPS) is 23.4. The molecule has 2 heteroatoms. The Morgan fingerprint density at radius 1 is 1.58 bits per heavy atom. The van der Waals surface area contributed by atoms with E-state index >= 15 is 0 Å². The second-order valence-electron chi connectivity index (χ2n) is 2.68. The summed E-state index contributed by atoms with van der Waals surface area (Å²) >= 11 is 0. The fourth-order valence-corrected chi connectivity index (χ4v) is 1.08. The van der Waals surface area contributed by atoms with Crippen LogP contribution >= 0.6 is 0 Å². The van der Waals surface area contributed by atoms with Crippen LogP contribution in [-0.2, 0) is 0 Å². The van der Waals surface area contributed by atoms with E-state index in [4.69, 9.17) is 0 Å². The van der Waals surface area contributed by atoms with E-state index < -0.39 is 0 Å². The maximum atomic E-state index is 4.34. The summed E-state index contributed by atoms with van der Waals surface area (Å²) in [6.07, 6.45) is 5.91. The highest BCUT2D eigenvalue weighted by Gasteiger charge is 2.05. The van der Waals surface area contributed by atoms with Crippen molar-refractivity contribution in [3.05, 3.63) is 23.4 Å². The molecule has 1 rings (SSSR count). The monoisotopic (exact) mass is 162 g/mol. The highest BCUT2D eigenvalue weighted by atomic mass is 14.8. The number of allylic oxidation sites excluding steroid dienone is 3. The lowest BCUT2D eigenvalue weighted by molar-refractivity contribution is 1.12. The summed E-state index contributed by atoms with van der Waals surface area (Å²) in [6.45, 7) is 6.85. The van der Waals surface area contributed by atoms with Gasteiger partial charge in [-0.05, 0) is 32.4 Å². The summed E-state index contributed by atoms with van der Waals surface area (Å²) in [5, 5.41) is 0. The fourth-order valence-electron chi connectivity index (χ4n) is 1.08. The van der Waals surface area contributed by atoms with E-state index in [1.807, 2.05) is 33.1 Å². The molecule has 0 aromatic heterocycles. The minimum Gasteiger partial charge on any atom is -0.283 e. The van der Waals surface area contributed by atoms with Gasteiger partial charge in [0.1, 0.15) is 0 Å². The van der Waals surface area contributed by atoms with Crippen molar-refractivity contribution in [3.8, 4) is 0 Å². The van der Waals surface area contributed by atoms with Crippen LogP contribution in [-0.4, -0.2) is 18.5 Å². The van der Waals surface area contributed by atoms with Gasteiger partial charge in [0, 0.05) is 12.8 Å². The Morgan fingerprint density at radius 2 is 2.33 bits per heavy atom. The predicted molar refractivity (Wildman–Crippen MR) is 54.0 cm³/mol. The largest absolute Gasteiger partial charge is 0.283 e. The van der Waals surface area contributed by atoms with Gasteiger partial charge in [-0.2, -0.15) is 0 Å². The van der Waals surface area contributed by atoms with Crippen molar-refractivity contribution < 1.29 is 0 Å². The zero-order valence-corrected chi connectivity index (χ0v) is 7.83. The molecule has 0 N–H and O–H groups in total. The van der Waals surface area contributed by atoms with Gasteiger partial charge in [-0.3, -0.25) is 9.98 Å². The molecule has 0 fully saturated rings. The second-order valence-corrected chi connectivity index (χ2v) is 2.68. The standard InChI is InChI=1S/C10H14N2/c1-4-9-10(11-5-2)6-8(3)7-12-9/h4,6-7H,5H2,1-3H3/b9-4+,11-10?. The van der Waals surface area contributed by atoms with Crippen molar-refractivity contribution in [1.82, 2.24) is 0 Å².